The second-order valence-electron chi connectivity index (χ2n) is 6.03. The van der Waals surface area contributed by atoms with Gasteiger partial charge in [-0.05, 0) is 44.7 Å². The predicted octanol–water partition coefficient (Wildman–Crippen LogP) is 2.79. The van der Waals surface area contributed by atoms with Gasteiger partial charge in [0, 0.05) is 11.3 Å². The van der Waals surface area contributed by atoms with Gasteiger partial charge in [0.1, 0.15) is 12.4 Å². The van der Waals surface area contributed by atoms with Crippen LogP contribution in [-0.2, 0) is 19.4 Å². The number of fused-ring (bicyclic) bond motifs is 2. The van der Waals surface area contributed by atoms with Crippen molar-refractivity contribution >= 4 is 5.65 Å². The molecule has 2 heterocycles. The van der Waals surface area contributed by atoms with Crippen LogP contribution in [0, 0.1) is 6.92 Å². The van der Waals surface area contributed by atoms with E-state index < -0.39 is 0 Å². The highest BCUT2D eigenvalue weighted by Gasteiger charge is 2.20. The molecule has 0 atom stereocenters. The van der Waals surface area contributed by atoms with E-state index in [9.17, 15) is 4.79 Å². The maximum Gasteiger partial charge on any atom is 0.276 e. The monoisotopic (exact) mass is 309 g/mol. The molecule has 3 aromatic rings. The average Bonchev–Trinajstić information content (AvgIpc) is 2.90. The third-order valence-corrected chi connectivity index (χ3v) is 4.48. The molecule has 5 heteroatoms. The fourth-order valence-electron chi connectivity index (χ4n) is 3.21. The van der Waals surface area contributed by atoms with Crippen molar-refractivity contribution in [2.24, 2.45) is 0 Å². The number of nitrogens with zero attached hydrogens (tertiary/aromatic N) is 2. The van der Waals surface area contributed by atoms with Gasteiger partial charge in [0.2, 0.25) is 0 Å². The third-order valence-electron chi connectivity index (χ3n) is 4.48. The van der Waals surface area contributed by atoms with Gasteiger partial charge in [-0.1, -0.05) is 18.2 Å². The van der Waals surface area contributed by atoms with Crippen molar-refractivity contribution < 1.29 is 4.74 Å². The number of aromatic nitrogens is 3. The minimum atomic E-state index is 0.0405. The molecular formula is C18H19N3O2. The van der Waals surface area contributed by atoms with Crippen LogP contribution in [0.2, 0.25) is 0 Å². The van der Waals surface area contributed by atoms with Crippen LogP contribution in [-0.4, -0.2) is 14.6 Å². The van der Waals surface area contributed by atoms with E-state index in [2.05, 4.69) is 5.10 Å². The molecule has 0 aliphatic heterocycles. The lowest BCUT2D eigenvalue weighted by atomic mass is 9.97. The summed E-state index contributed by atoms with van der Waals surface area (Å²) < 4.78 is 7.42. The number of hydrogen-bond acceptors (Lipinski definition) is 3. The van der Waals surface area contributed by atoms with Crippen molar-refractivity contribution in [3.63, 3.8) is 0 Å². The summed E-state index contributed by atoms with van der Waals surface area (Å²) in [6.45, 7) is 2.35. The van der Waals surface area contributed by atoms with Gasteiger partial charge in [-0.3, -0.25) is 9.89 Å². The molecule has 1 aliphatic carbocycles. The fourth-order valence-corrected chi connectivity index (χ4v) is 3.21. The second-order valence-corrected chi connectivity index (χ2v) is 6.03. The summed E-state index contributed by atoms with van der Waals surface area (Å²) in [4.78, 5) is 17.4. The van der Waals surface area contributed by atoms with Gasteiger partial charge in [0.25, 0.3) is 5.56 Å². The summed E-state index contributed by atoms with van der Waals surface area (Å²) in [6, 6.07) is 9.68. The van der Waals surface area contributed by atoms with E-state index in [0.29, 0.717) is 12.3 Å². The molecule has 0 fully saturated rings. The molecule has 2 aromatic heterocycles. The summed E-state index contributed by atoms with van der Waals surface area (Å²) in [5.74, 6) is 0.812. The molecule has 0 spiro atoms. The molecule has 1 N–H and O–H groups in total. The Balaban J connectivity index is 1.76. The number of ether oxygens (including phenoxy) is 1. The highest BCUT2D eigenvalue weighted by atomic mass is 16.5. The van der Waals surface area contributed by atoms with Crippen molar-refractivity contribution in [2.45, 2.75) is 39.2 Å². The van der Waals surface area contributed by atoms with Gasteiger partial charge in [-0.2, -0.15) is 0 Å². The number of H-pyrrole nitrogens is 1. The summed E-state index contributed by atoms with van der Waals surface area (Å²) in [5.41, 5.74) is 4.43. The largest absolute Gasteiger partial charge is 0.489 e. The molecule has 0 amide bonds. The molecule has 1 aromatic carbocycles. The lowest BCUT2D eigenvalue weighted by Gasteiger charge is -2.14. The highest BCUT2D eigenvalue weighted by Crippen LogP contribution is 2.21. The third kappa shape index (κ3) is 2.42. The number of benzene rings is 1. The van der Waals surface area contributed by atoms with E-state index >= 15 is 0 Å². The summed E-state index contributed by atoms with van der Waals surface area (Å²) in [7, 11) is 0. The Labute approximate surface area is 133 Å². The fraction of sp³-hybridized carbons (Fsp3) is 0.333. The Morgan fingerprint density at radius 3 is 2.83 bits per heavy atom. The first-order chi connectivity index (χ1) is 11.2. The molecule has 0 saturated heterocycles. The first-order valence-corrected chi connectivity index (χ1v) is 8.04. The van der Waals surface area contributed by atoms with Gasteiger partial charge in [-0.25, -0.2) is 9.50 Å². The SMILES string of the molecule is Cc1[nH]n2c(=O)c3c(nc2c1COc1ccccc1)CCCC3. The van der Waals surface area contributed by atoms with Gasteiger partial charge in [0.15, 0.2) is 5.65 Å². The Hall–Kier alpha value is -2.56. The standard InChI is InChI=1S/C18H19N3O2/c1-12-15(11-23-13-7-3-2-4-8-13)17-19-16-10-6-5-9-14(16)18(22)21(17)20-12/h2-4,7-8,20H,5-6,9-11H2,1H3. The lowest BCUT2D eigenvalue weighted by Crippen LogP contribution is -2.25. The zero-order chi connectivity index (χ0) is 15.8. The zero-order valence-corrected chi connectivity index (χ0v) is 13.1. The predicted molar refractivity (Wildman–Crippen MR) is 88.0 cm³/mol. The van der Waals surface area contributed by atoms with Crippen molar-refractivity contribution in [1.82, 2.24) is 14.6 Å². The van der Waals surface area contributed by atoms with Gasteiger partial charge >= 0.3 is 0 Å². The van der Waals surface area contributed by atoms with Gasteiger partial charge < -0.3 is 4.74 Å². The number of rotatable bonds is 3. The minimum Gasteiger partial charge on any atom is -0.489 e. The van der Waals surface area contributed by atoms with E-state index in [-0.39, 0.29) is 5.56 Å². The topological polar surface area (TPSA) is 59.4 Å². The first-order valence-electron chi connectivity index (χ1n) is 8.04. The summed E-state index contributed by atoms with van der Waals surface area (Å²) in [6.07, 6.45) is 3.90. The average molecular weight is 309 g/mol. The second kappa shape index (κ2) is 5.57. The van der Waals surface area contributed by atoms with E-state index in [1.807, 2.05) is 37.3 Å². The van der Waals surface area contributed by atoms with Crippen molar-refractivity contribution in [3.05, 3.63) is 63.2 Å². The van der Waals surface area contributed by atoms with Crippen LogP contribution in [0.25, 0.3) is 5.65 Å². The molecule has 118 valence electrons. The molecule has 0 unspecified atom stereocenters. The Morgan fingerprint density at radius 2 is 2.00 bits per heavy atom. The highest BCUT2D eigenvalue weighted by molar-refractivity contribution is 5.51. The summed E-state index contributed by atoms with van der Waals surface area (Å²) in [5, 5.41) is 3.14. The normalized spacial score (nSPS) is 14.0. The van der Waals surface area contributed by atoms with E-state index in [1.165, 1.54) is 0 Å². The van der Waals surface area contributed by atoms with Crippen molar-refractivity contribution in [2.75, 3.05) is 0 Å². The van der Waals surface area contributed by atoms with E-state index in [1.54, 1.807) is 4.52 Å². The smallest absolute Gasteiger partial charge is 0.276 e. The van der Waals surface area contributed by atoms with Crippen LogP contribution < -0.4 is 10.3 Å². The van der Waals surface area contributed by atoms with Crippen LogP contribution in [0.5, 0.6) is 5.75 Å². The Kier molecular flexibility index (Phi) is 3.41. The molecule has 5 nitrogen and oxygen atoms in total. The van der Waals surface area contributed by atoms with Crippen LogP contribution in [0.4, 0.5) is 0 Å². The van der Waals surface area contributed by atoms with Gasteiger partial charge in [0.05, 0.1) is 11.3 Å². The molecule has 4 rings (SSSR count). The number of nitrogens with one attached hydrogen (secondary N) is 1. The van der Waals surface area contributed by atoms with Crippen LogP contribution in [0.1, 0.15) is 35.4 Å². The minimum absolute atomic E-state index is 0.0405. The Bertz CT molecular complexity index is 909. The molecule has 0 radical (unpaired) electrons. The first kappa shape index (κ1) is 14.1. The number of hydrogen-bond donors (Lipinski definition) is 1. The van der Waals surface area contributed by atoms with Crippen molar-refractivity contribution in [1.29, 1.82) is 0 Å². The zero-order valence-electron chi connectivity index (χ0n) is 13.1. The molecule has 1 aliphatic rings. The number of para-hydroxylation sites is 1. The quantitative estimate of drug-likeness (QED) is 0.809. The van der Waals surface area contributed by atoms with Gasteiger partial charge in [-0.15, -0.1) is 0 Å². The number of aromatic amines is 1. The van der Waals surface area contributed by atoms with Crippen molar-refractivity contribution in [3.8, 4) is 5.75 Å². The van der Waals surface area contributed by atoms with E-state index in [0.717, 1.165) is 53.9 Å². The maximum atomic E-state index is 12.7. The Morgan fingerprint density at radius 1 is 1.22 bits per heavy atom. The van der Waals surface area contributed by atoms with Crippen LogP contribution in [0.15, 0.2) is 35.1 Å². The van der Waals surface area contributed by atoms with E-state index in [4.69, 9.17) is 9.72 Å². The molecule has 23 heavy (non-hydrogen) atoms. The molecular weight excluding hydrogens is 290 g/mol. The van der Waals surface area contributed by atoms with Crippen LogP contribution in [0.3, 0.4) is 0 Å². The number of aryl methyl sites for hydroxylation is 2. The molecule has 0 saturated carbocycles. The van der Waals surface area contributed by atoms with Crippen LogP contribution >= 0.6 is 0 Å². The lowest BCUT2D eigenvalue weighted by molar-refractivity contribution is 0.306. The maximum absolute atomic E-state index is 12.7. The molecule has 0 bridgehead atoms. The summed E-state index contributed by atoms with van der Waals surface area (Å²) >= 11 is 0.